The molecule has 1 amide bonds. The molecule has 3 N–H and O–H groups in total. The van der Waals surface area contributed by atoms with Crippen LogP contribution in [0.4, 0.5) is 0 Å². The summed E-state index contributed by atoms with van der Waals surface area (Å²) in [4.78, 5) is 24.7. The molecule has 564 valence electrons. The zero-order valence-corrected chi connectivity index (χ0v) is 64.9. The van der Waals surface area contributed by atoms with Crippen molar-refractivity contribution in [1.82, 2.24) is 5.32 Å². The van der Waals surface area contributed by atoms with E-state index >= 15 is 0 Å². The number of aliphatic hydroxyl groups excluding tert-OH is 2. The van der Waals surface area contributed by atoms with Crippen LogP contribution in [-0.2, 0) is 14.3 Å². The third-order valence-electron chi connectivity index (χ3n) is 21.0. The first-order chi connectivity index (χ1) is 47.0. The molecular formula is C89H173NO5. The maximum atomic E-state index is 12.6. The molecule has 0 fully saturated rings. The number of carbonyl (C=O) groups excluding carboxylic acids is 2. The van der Waals surface area contributed by atoms with Crippen molar-refractivity contribution >= 4 is 11.9 Å². The summed E-state index contributed by atoms with van der Waals surface area (Å²) in [5.41, 5.74) is 0. The molecule has 0 saturated carbocycles. The zero-order chi connectivity index (χ0) is 68.4. The molecule has 2 unspecified atom stereocenters. The normalized spacial score (nSPS) is 12.5. The lowest BCUT2D eigenvalue weighted by atomic mass is 10.0. The van der Waals surface area contributed by atoms with E-state index in [1.165, 1.54) is 424 Å². The smallest absolute Gasteiger partial charge is 0.305 e. The van der Waals surface area contributed by atoms with Crippen LogP contribution < -0.4 is 5.32 Å². The van der Waals surface area contributed by atoms with Crippen LogP contribution in [0.25, 0.3) is 0 Å². The monoisotopic (exact) mass is 1340 g/mol. The van der Waals surface area contributed by atoms with E-state index in [1.54, 1.807) is 0 Å². The summed E-state index contributed by atoms with van der Waals surface area (Å²) in [6, 6.07) is -0.538. The predicted octanol–water partition coefficient (Wildman–Crippen LogP) is 29.6. The lowest BCUT2D eigenvalue weighted by molar-refractivity contribution is -0.143. The fraction of sp³-hybridized carbons (Fsp3) is 0.933. The van der Waals surface area contributed by atoms with E-state index in [0.29, 0.717) is 25.9 Å². The van der Waals surface area contributed by atoms with E-state index in [9.17, 15) is 19.8 Å². The van der Waals surface area contributed by atoms with Gasteiger partial charge in [0.15, 0.2) is 0 Å². The van der Waals surface area contributed by atoms with Crippen molar-refractivity contribution in [3.05, 3.63) is 24.3 Å². The topological polar surface area (TPSA) is 95.9 Å². The number of allylic oxidation sites excluding steroid dienone is 4. The minimum atomic E-state index is -0.662. The second-order valence-electron chi connectivity index (χ2n) is 30.6. The van der Waals surface area contributed by atoms with E-state index in [2.05, 4.69) is 43.5 Å². The highest BCUT2D eigenvalue weighted by Gasteiger charge is 2.20. The van der Waals surface area contributed by atoms with E-state index in [-0.39, 0.29) is 18.5 Å². The molecule has 0 saturated heterocycles. The highest BCUT2D eigenvalue weighted by atomic mass is 16.5. The Hall–Kier alpha value is -1.66. The molecule has 95 heavy (non-hydrogen) atoms. The van der Waals surface area contributed by atoms with Crippen molar-refractivity contribution in [3.8, 4) is 0 Å². The first-order valence-electron chi connectivity index (χ1n) is 44.1. The number of aliphatic hydroxyl groups is 2. The summed E-state index contributed by atoms with van der Waals surface area (Å²) in [7, 11) is 0. The number of rotatable bonds is 84. The largest absolute Gasteiger partial charge is 0.466 e. The second kappa shape index (κ2) is 84.8. The van der Waals surface area contributed by atoms with Gasteiger partial charge >= 0.3 is 5.97 Å². The van der Waals surface area contributed by atoms with Gasteiger partial charge in [0.1, 0.15) is 0 Å². The molecule has 0 aromatic carbocycles. The molecule has 0 spiro atoms. The van der Waals surface area contributed by atoms with Gasteiger partial charge in [-0.3, -0.25) is 9.59 Å². The van der Waals surface area contributed by atoms with Gasteiger partial charge in [-0.2, -0.15) is 0 Å². The first kappa shape index (κ1) is 93.3. The Morgan fingerprint density at radius 3 is 0.821 bits per heavy atom. The van der Waals surface area contributed by atoms with Crippen LogP contribution in [0.3, 0.4) is 0 Å². The molecule has 0 radical (unpaired) electrons. The second-order valence-corrected chi connectivity index (χ2v) is 30.6. The Balaban J connectivity index is 3.31. The minimum absolute atomic E-state index is 0.0168. The summed E-state index contributed by atoms with van der Waals surface area (Å²) in [5, 5.41) is 23.5. The molecule has 0 rings (SSSR count). The van der Waals surface area contributed by atoms with Crippen molar-refractivity contribution in [2.75, 3.05) is 13.2 Å². The molecule has 0 aliphatic heterocycles. The van der Waals surface area contributed by atoms with Crippen LogP contribution in [-0.4, -0.2) is 47.4 Å². The van der Waals surface area contributed by atoms with Gasteiger partial charge in [-0.15, -0.1) is 0 Å². The molecule has 0 bridgehead atoms. The van der Waals surface area contributed by atoms with Gasteiger partial charge < -0.3 is 20.3 Å². The average molecular weight is 1340 g/mol. The summed E-state index contributed by atoms with van der Waals surface area (Å²) in [6.45, 7) is 4.99. The summed E-state index contributed by atoms with van der Waals surface area (Å²) >= 11 is 0. The summed E-state index contributed by atoms with van der Waals surface area (Å²) in [6.07, 6.45) is 110. The van der Waals surface area contributed by atoms with Gasteiger partial charge in [0, 0.05) is 12.8 Å². The van der Waals surface area contributed by atoms with E-state index in [1.807, 2.05) is 0 Å². The SMILES string of the molecule is CCCCC/C=C\C/C=C\CCCCCCCCCC(=O)OCCCCCCCCCCCCCCCCCCCCCCCCCCCCCCCCCCCCCCCC(=O)NC(CO)C(O)CCCCCCCCCCCCCCCCCCCCCCCCCC. The lowest BCUT2D eigenvalue weighted by Crippen LogP contribution is -2.45. The standard InChI is InChI=1S/C89H173NO5/c1-3-5-7-9-11-13-15-17-19-21-22-23-24-40-43-46-50-53-57-61-65-69-73-77-81-87(92)86(85-91)90-88(93)82-78-74-70-66-62-58-54-51-47-44-41-38-36-34-32-30-28-26-25-27-29-31-33-35-37-39-42-45-48-52-56-60-64-68-72-76-80-84-95-89(94)83-79-75-71-67-63-59-55-49-20-18-16-14-12-10-8-6-4-2/h12,14,18,20,86-87,91-92H,3-11,13,15-17,19,21-85H2,1-2H3,(H,90,93)/b14-12-,20-18-. The van der Waals surface area contributed by atoms with E-state index < -0.39 is 12.1 Å². The number of esters is 1. The van der Waals surface area contributed by atoms with Crippen LogP contribution >= 0.6 is 0 Å². The van der Waals surface area contributed by atoms with Crippen LogP contribution in [0.15, 0.2) is 24.3 Å². The summed E-state index contributed by atoms with van der Waals surface area (Å²) in [5.74, 6) is -0.00596. The molecular weight excluding hydrogens is 1160 g/mol. The van der Waals surface area contributed by atoms with E-state index in [0.717, 1.165) is 51.4 Å². The molecule has 0 aliphatic rings. The van der Waals surface area contributed by atoms with Crippen LogP contribution in [0.2, 0.25) is 0 Å². The fourth-order valence-corrected chi connectivity index (χ4v) is 14.3. The van der Waals surface area contributed by atoms with Crippen LogP contribution in [0.5, 0.6) is 0 Å². The molecule has 6 nitrogen and oxygen atoms in total. The quantitative estimate of drug-likeness (QED) is 0.0320. The van der Waals surface area contributed by atoms with Gasteiger partial charge in [-0.1, -0.05) is 462 Å². The fourth-order valence-electron chi connectivity index (χ4n) is 14.3. The maximum absolute atomic E-state index is 12.6. The van der Waals surface area contributed by atoms with Crippen molar-refractivity contribution in [2.45, 2.75) is 520 Å². The highest BCUT2D eigenvalue weighted by molar-refractivity contribution is 5.76. The lowest BCUT2D eigenvalue weighted by Gasteiger charge is -2.22. The number of amides is 1. The Kier molecular flexibility index (Phi) is 83.3. The number of unbranched alkanes of at least 4 members (excludes halogenated alkanes) is 69. The van der Waals surface area contributed by atoms with Crippen molar-refractivity contribution in [3.63, 3.8) is 0 Å². The Labute approximate surface area is 596 Å². The molecule has 0 heterocycles. The van der Waals surface area contributed by atoms with Gasteiger partial charge in [0.2, 0.25) is 5.91 Å². The van der Waals surface area contributed by atoms with Gasteiger partial charge in [0.05, 0.1) is 25.4 Å². The Morgan fingerprint density at radius 2 is 0.526 bits per heavy atom. The number of hydrogen-bond donors (Lipinski definition) is 3. The van der Waals surface area contributed by atoms with E-state index in [4.69, 9.17) is 4.74 Å². The summed E-state index contributed by atoms with van der Waals surface area (Å²) < 4.78 is 5.51. The van der Waals surface area contributed by atoms with Gasteiger partial charge in [0.25, 0.3) is 0 Å². The molecule has 0 aromatic heterocycles. The third kappa shape index (κ3) is 81.2. The average Bonchev–Trinajstić information content (AvgIpc) is 2.97. The highest BCUT2D eigenvalue weighted by Crippen LogP contribution is 2.21. The molecule has 2 atom stereocenters. The number of carbonyl (C=O) groups is 2. The molecule has 6 heteroatoms. The number of ether oxygens (including phenoxy) is 1. The van der Waals surface area contributed by atoms with Gasteiger partial charge in [-0.25, -0.2) is 0 Å². The number of hydrogen-bond acceptors (Lipinski definition) is 5. The van der Waals surface area contributed by atoms with Crippen LogP contribution in [0.1, 0.15) is 508 Å². The minimum Gasteiger partial charge on any atom is -0.466 e. The Bertz CT molecular complexity index is 1500. The zero-order valence-electron chi connectivity index (χ0n) is 64.9. The Morgan fingerprint density at radius 1 is 0.295 bits per heavy atom. The van der Waals surface area contributed by atoms with Crippen LogP contribution in [0, 0.1) is 0 Å². The molecule has 0 aromatic rings. The van der Waals surface area contributed by atoms with Gasteiger partial charge in [-0.05, 0) is 57.8 Å². The molecule has 0 aliphatic carbocycles. The maximum Gasteiger partial charge on any atom is 0.305 e. The number of nitrogens with one attached hydrogen (secondary N) is 1. The first-order valence-corrected chi connectivity index (χ1v) is 44.1. The predicted molar refractivity (Wildman–Crippen MR) is 421 cm³/mol. The third-order valence-corrected chi connectivity index (χ3v) is 21.0. The van der Waals surface area contributed by atoms with Crippen molar-refractivity contribution in [2.24, 2.45) is 0 Å². The van der Waals surface area contributed by atoms with Crippen molar-refractivity contribution in [1.29, 1.82) is 0 Å². The van der Waals surface area contributed by atoms with Crippen molar-refractivity contribution < 1.29 is 24.5 Å².